The van der Waals surface area contributed by atoms with E-state index in [0.29, 0.717) is 0 Å². The van der Waals surface area contributed by atoms with Gasteiger partial charge in [0.05, 0.1) is 0 Å². The van der Waals surface area contributed by atoms with Crippen molar-refractivity contribution in [3.63, 3.8) is 0 Å². The first-order valence-electron chi connectivity index (χ1n) is 4.32. The second kappa shape index (κ2) is 4.52. The van der Waals surface area contributed by atoms with Gasteiger partial charge in [-0.15, -0.1) is 0 Å². The van der Waals surface area contributed by atoms with Crippen molar-refractivity contribution in [2.45, 2.75) is 26.2 Å². The highest BCUT2D eigenvalue weighted by atomic mass is 28.4. The van der Waals surface area contributed by atoms with Gasteiger partial charge in [0.2, 0.25) is 0 Å². The van der Waals surface area contributed by atoms with Crippen molar-refractivity contribution in [2.75, 3.05) is 21.1 Å². The van der Waals surface area contributed by atoms with Gasteiger partial charge >= 0.3 is 0 Å². The normalized spacial score (nSPS) is 15.8. The predicted octanol–water partition coefficient (Wildman–Crippen LogP) is 1.10. The first-order valence-corrected chi connectivity index (χ1v) is 9.91. The molecule has 0 N–H and O–H groups in total. The summed E-state index contributed by atoms with van der Waals surface area (Å²) in [5, 5.41) is 1.81. The molecule has 0 aliphatic rings. The van der Waals surface area contributed by atoms with E-state index < -0.39 is 17.4 Å². The second-order valence-corrected chi connectivity index (χ2v) is 12.0. The lowest BCUT2D eigenvalue weighted by Gasteiger charge is -2.35. The van der Waals surface area contributed by atoms with Crippen LogP contribution in [0.2, 0.25) is 26.2 Å². The number of hydrogen-bond acceptors (Lipinski definition) is 3. The van der Waals surface area contributed by atoms with Crippen molar-refractivity contribution in [3.05, 3.63) is 0 Å². The fourth-order valence-electron chi connectivity index (χ4n) is 0.921. The van der Waals surface area contributed by atoms with E-state index in [2.05, 4.69) is 37.5 Å². The average molecular weight is 206 g/mol. The molecule has 0 fully saturated rings. The molecule has 1 unspecified atom stereocenters. The molecular weight excluding hydrogens is 184 g/mol. The Balaban J connectivity index is 4.01. The summed E-state index contributed by atoms with van der Waals surface area (Å²) in [6.45, 7) is 9.25. The molecule has 12 heavy (non-hydrogen) atoms. The van der Waals surface area contributed by atoms with Crippen LogP contribution in [0.4, 0.5) is 0 Å². The number of nitrogens with zero attached hydrogens (tertiary/aromatic N) is 2. The monoisotopic (exact) mass is 206 g/mol. The van der Waals surface area contributed by atoms with Gasteiger partial charge in [0.25, 0.3) is 9.20 Å². The molecule has 0 saturated carbocycles. The minimum Gasteiger partial charge on any atom is -0.329 e. The van der Waals surface area contributed by atoms with Gasteiger partial charge in [-0.3, -0.25) is 0 Å². The molecule has 0 bridgehead atoms. The third kappa shape index (κ3) is 4.37. The van der Waals surface area contributed by atoms with Crippen LogP contribution in [0, 0.1) is 0 Å². The largest absolute Gasteiger partial charge is 0.329 e. The maximum Gasteiger partial charge on any atom is 0.270 e. The lowest BCUT2D eigenvalue weighted by Crippen LogP contribution is -2.53. The average Bonchev–Trinajstić information content (AvgIpc) is 1.82. The molecule has 0 radical (unpaired) electrons. The van der Waals surface area contributed by atoms with Crippen molar-refractivity contribution < 1.29 is 4.53 Å². The highest BCUT2D eigenvalue weighted by Gasteiger charge is 2.26. The van der Waals surface area contributed by atoms with Crippen LogP contribution in [0.15, 0.2) is 0 Å². The Morgan fingerprint density at radius 2 is 1.50 bits per heavy atom. The van der Waals surface area contributed by atoms with Crippen LogP contribution in [-0.4, -0.2) is 47.9 Å². The van der Waals surface area contributed by atoms with E-state index in [9.17, 15) is 0 Å². The van der Waals surface area contributed by atoms with Crippen molar-refractivity contribution in [1.29, 1.82) is 0 Å². The zero-order valence-electron chi connectivity index (χ0n) is 9.38. The van der Waals surface area contributed by atoms with Gasteiger partial charge in [-0.05, 0) is 13.6 Å². The van der Waals surface area contributed by atoms with Crippen LogP contribution in [0.25, 0.3) is 0 Å². The van der Waals surface area contributed by atoms with Crippen LogP contribution in [0.5, 0.6) is 0 Å². The van der Waals surface area contributed by atoms with Crippen LogP contribution in [0.3, 0.4) is 0 Å². The summed E-state index contributed by atoms with van der Waals surface area (Å²) >= 11 is 0. The topological polar surface area (TPSA) is 15.7 Å². The summed E-state index contributed by atoms with van der Waals surface area (Å²) in [7, 11) is 3.77. The van der Waals surface area contributed by atoms with E-state index in [1.165, 1.54) is 0 Å². The second-order valence-electron chi connectivity index (χ2n) is 4.30. The molecule has 0 amide bonds. The first kappa shape index (κ1) is 12.3. The Hall–Kier alpha value is 0.314. The number of rotatable bonds is 4. The number of hydrogen-bond donors (Lipinski definition) is 0. The van der Waals surface area contributed by atoms with E-state index in [-0.39, 0.29) is 0 Å². The molecule has 0 aliphatic carbocycles. The Kier molecular flexibility index (Phi) is 4.64. The molecule has 0 heterocycles. The molecule has 0 spiro atoms. The molecule has 74 valence electrons. The van der Waals surface area contributed by atoms with Gasteiger partial charge in [0.15, 0.2) is 0 Å². The predicted molar refractivity (Wildman–Crippen MR) is 58.9 cm³/mol. The fraction of sp³-hybridized carbons (Fsp3) is 1.00. The highest BCUT2D eigenvalue weighted by Crippen LogP contribution is 2.09. The van der Waals surface area contributed by atoms with Crippen LogP contribution in [0.1, 0.15) is 0 Å². The molecule has 0 saturated heterocycles. The maximum absolute atomic E-state index is 5.67. The number of hydroxylamine groups is 2. The zero-order chi connectivity index (χ0) is 9.94. The van der Waals surface area contributed by atoms with Gasteiger partial charge in [-0.2, -0.15) is 0 Å². The molecule has 0 aromatic carbocycles. The Morgan fingerprint density at radius 3 is 1.75 bits per heavy atom. The van der Waals surface area contributed by atoms with Crippen molar-refractivity contribution in [1.82, 2.24) is 9.29 Å². The SMILES string of the molecule is CN(C)O[SiH](C)N(C)[Si](C)(C)C. The summed E-state index contributed by atoms with van der Waals surface area (Å²) in [5.41, 5.74) is 0. The molecule has 1 atom stereocenters. The van der Waals surface area contributed by atoms with Crippen LogP contribution < -0.4 is 0 Å². The van der Waals surface area contributed by atoms with Crippen LogP contribution in [-0.2, 0) is 4.53 Å². The third-order valence-corrected chi connectivity index (χ3v) is 9.32. The zero-order valence-corrected chi connectivity index (χ0v) is 11.5. The molecular formula is C7H22N2OSi2. The molecule has 5 heteroatoms. The lowest BCUT2D eigenvalue weighted by molar-refractivity contribution is -0.0143. The van der Waals surface area contributed by atoms with Gasteiger partial charge in [0.1, 0.15) is 8.24 Å². The van der Waals surface area contributed by atoms with E-state index in [1.54, 1.807) is 0 Å². The van der Waals surface area contributed by atoms with Crippen LogP contribution >= 0.6 is 0 Å². The summed E-state index contributed by atoms with van der Waals surface area (Å²) in [4.78, 5) is 0. The third-order valence-electron chi connectivity index (χ3n) is 1.97. The highest BCUT2D eigenvalue weighted by molar-refractivity contribution is 6.81. The Morgan fingerprint density at radius 1 is 1.08 bits per heavy atom. The molecule has 0 aromatic heterocycles. The Labute approximate surface area is 79.2 Å². The van der Waals surface area contributed by atoms with Crippen molar-refractivity contribution in [2.24, 2.45) is 0 Å². The van der Waals surface area contributed by atoms with Gasteiger partial charge in [-0.1, -0.05) is 19.6 Å². The summed E-state index contributed by atoms with van der Waals surface area (Å²) in [6.07, 6.45) is 0. The lowest BCUT2D eigenvalue weighted by atomic mass is 11.2. The van der Waals surface area contributed by atoms with Gasteiger partial charge in [0, 0.05) is 14.1 Å². The summed E-state index contributed by atoms with van der Waals surface area (Å²) < 4.78 is 8.14. The van der Waals surface area contributed by atoms with E-state index in [1.807, 2.05) is 19.2 Å². The minimum absolute atomic E-state index is 1.15. The quantitative estimate of drug-likeness (QED) is 0.506. The summed E-state index contributed by atoms with van der Waals surface area (Å²) in [6, 6.07) is 0. The maximum atomic E-state index is 5.67. The standard InChI is InChI=1S/C7H22N2OSi2/c1-8(2)10-11(4)9(3)12(5,6)7/h11H,1-7H3. The van der Waals surface area contributed by atoms with E-state index in [4.69, 9.17) is 4.53 Å². The molecule has 3 nitrogen and oxygen atoms in total. The fourth-order valence-corrected chi connectivity index (χ4v) is 6.18. The smallest absolute Gasteiger partial charge is 0.270 e. The Bertz CT molecular complexity index is 136. The minimum atomic E-state index is -1.16. The van der Waals surface area contributed by atoms with Gasteiger partial charge in [-0.25, -0.2) is 5.06 Å². The molecule has 0 aromatic rings. The van der Waals surface area contributed by atoms with E-state index >= 15 is 0 Å². The molecule has 0 rings (SSSR count). The van der Waals surface area contributed by atoms with E-state index in [0.717, 1.165) is 0 Å². The first-order chi connectivity index (χ1) is 5.25. The summed E-state index contributed by atoms with van der Waals surface area (Å²) in [5.74, 6) is 0. The molecule has 0 aliphatic heterocycles. The van der Waals surface area contributed by atoms with Crippen molar-refractivity contribution >= 4 is 17.4 Å². The van der Waals surface area contributed by atoms with Crippen molar-refractivity contribution in [3.8, 4) is 0 Å². The van der Waals surface area contributed by atoms with Gasteiger partial charge < -0.3 is 8.76 Å².